The zero-order chi connectivity index (χ0) is 21.1. The summed E-state index contributed by atoms with van der Waals surface area (Å²) >= 11 is 0. The lowest BCUT2D eigenvalue weighted by molar-refractivity contribution is -0.178. The minimum atomic E-state index is -0.370. The first-order chi connectivity index (χ1) is 14.7. The topological polar surface area (TPSA) is 77.1 Å². The highest BCUT2D eigenvalue weighted by Gasteiger charge is 2.42. The fourth-order valence-corrected chi connectivity index (χ4v) is 5.07. The van der Waals surface area contributed by atoms with E-state index in [-0.39, 0.29) is 31.1 Å². The minimum absolute atomic E-state index is 0. The minimum Gasteiger partial charge on any atom is -0.489 e. The molecule has 1 N–H and O–H groups in total. The van der Waals surface area contributed by atoms with Crippen molar-refractivity contribution in [3.63, 3.8) is 0 Å². The highest BCUT2D eigenvalue weighted by atomic mass is 16.7. The average molecular weight is 433 g/mol. The van der Waals surface area contributed by atoms with E-state index in [0.717, 1.165) is 37.1 Å². The Morgan fingerprint density at radius 3 is 2.42 bits per heavy atom. The number of benzene rings is 1. The third-order valence-corrected chi connectivity index (χ3v) is 6.50. The Morgan fingerprint density at radius 2 is 1.74 bits per heavy atom. The molecule has 3 fully saturated rings. The first-order valence-electron chi connectivity index (χ1n) is 11.3. The number of ether oxygens (including phenoxy) is 3. The number of piperidine rings is 1. The van der Waals surface area contributed by atoms with Crippen molar-refractivity contribution in [1.29, 1.82) is 0 Å². The fraction of sp³-hybridized carbons (Fsp3) is 0.667. The van der Waals surface area contributed by atoms with Crippen molar-refractivity contribution in [2.24, 2.45) is 0 Å². The summed E-state index contributed by atoms with van der Waals surface area (Å²) in [6.07, 6.45) is 4.73. The maximum Gasteiger partial charge on any atom is 0.249 e. The van der Waals surface area contributed by atoms with Crippen molar-refractivity contribution < 1.29 is 23.8 Å². The molecule has 0 radical (unpaired) electrons. The molecule has 1 aliphatic carbocycles. The molecule has 0 bridgehead atoms. The zero-order valence-electron chi connectivity index (χ0n) is 17.9. The highest BCUT2D eigenvalue weighted by molar-refractivity contribution is 6.01. The summed E-state index contributed by atoms with van der Waals surface area (Å²) in [6.45, 7) is 6.58. The Morgan fingerprint density at radius 1 is 1.03 bits per heavy atom. The van der Waals surface area contributed by atoms with Gasteiger partial charge >= 0.3 is 0 Å². The number of amides is 2. The third-order valence-electron chi connectivity index (χ3n) is 6.50. The van der Waals surface area contributed by atoms with E-state index in [0.29, 0.717) is 45.1 Å². The average Bonchev–Trinajstić information content (AvgIpc) is 3.23. The fourth-order valence-electron chi connectivity index (χ4n) is 5.07. The molecule has 3 heterocycles. The largest absolute Gasteiger partial charge is 0.489 e. The SMILES string of the molecule is C.CC.O=C1CCC(N2CCOc3c(C4CCC5(CC4)OCCO5)cccc32)C(=O)N1. The second-order valence-corrected chi connectivity index (χ2v) is 8.09. The first kappa shape index (κ1) is 23.5. The van der Waals surface area contributed by atoms with Crippen LogP contribution in [-0.2, 0) is 19.1 Å². The number of para-hydroxylation sites is 1. The van der Waals surface area contributed by atoms with Gasteiger partial charge < -0.3 is 19.1 Å². The van der Waals surface area contributed by atoms with Crippen LogP contribution in [0.1, 0.15) is 71.3 Å². The van der Waals surface area contributed by atoms with Crippen molar-refractivity contribution >= 4 is 17.5 Å². The molecule has 7 heteroatoms. The normalized spacial score (nSPS) is 25.0. The van der Waals surface area contributed by atoms with Gasteiger partial charge in [0.1, 0.15) is 18.4 Å². The molecule has 3 aliphatic heterocycles. The predicted molar refractivity (Wildman–Crippen MR) is 119 cm³/mol. The summed E-state index contributed by atoms with van der Waals surface area (Å²) in [5, 5.41) is 2.48. The van der Waals surface area contributed by atoms with Crippen molar-refractivity contribution in [3.8, 4) is 5.75 Å². The second-order valence-electron chi connectivity index (χ2n) is 8.09. The molecule has 2 saturated heterocycles. The van der Waals surface area contributed by atoms with E-state index in [4.69, 9.17) is 14.2 Å². The molecule has 7 nitrogen and oxygen atoms in total. The molecule has 1 atom stereocenters. The smallest absolute Gasteiger partial charge is 0.249 e. The molecule has 31 heavy (non-hydrogen) atoms. The molecule has 1 spiro atoms. The number of imide groups is 1. The summed E-state index contributed by atoms with van der Waals surface area (Å²) in [5.74, 6) is 0.536. The van der Waals surface area contributed by atoms with Crippen LogP contribution < -0.4 is 15.0 Å². The van der Waals surface area contributed by atoms with Crippen molar-refractivity contribution in [3.05, 3.63) is 23.8 Å². The molecule has 1 saturated carbocycles. The van der Waals surface area contributed by atoms with Crippen LogP contribution in [0.15, 0.2) is 18.2 Å². The maximum absolute atomic E-state index is 12.4. The molecule has 1 aromatic carbocycles. The molecule has 2 amide bonds. The highest BCUT2D eigenvalue weighted by Crippen LogP contribution is 2.47. The van der Waals surface area contributed by atoms with Gasteiger partial charge in [-0.15, -0.1) is 0 Å². The predicted octanol–water partition coefficient (Wildman–Crippen LogP) is 3.75. The number of hydrogen-bond donors (Lipinski definition) is 1. The number of nitrogens with zero attached hydrogens (tertiary/aromatic N) is 1. The Bertz CT molecular complexity index is 780. The van der Waals surface area contributed by atoms with Crippen LogP contribution >= 0.6 is 0 Å². The number of fused-ring (bicyclic) bond motifs is 1. The van der Waals surface area contributed by atoms with Gasteiger partial charge in [-0.1, -0.05) is 33.4 Å². The number of rotatable bonds is 2. The Balaban J connectivity index is 0.000000883. The Labute approximate surface area is 185 Å². The summed E-state index contributed by atoms with van der Waals surface area (Å²) in [6, 6.07) is 5.90. The van der Waals surface area contributed by atoms with Gasteiger partial charge in [0.15, 0.2) is 5.79 Å². The lowest BCUT2D eigenvalue weighted by atomic mass is 9.80. The molecular weight excluding hydrogens is 396 g/mol. The number of anilines is 1. The number of nitrogens with one attached hydrogen (secondary N) is 1. The standard InChI is InChI=1S/C21H26N2O5.C2H6.CH4/c24-18-5-4-17(20(25)22-18)23-10-11-26-19-15(2-1-3-16(19)23)14-6-8-21(9-7-14)27-12-13-28-21;1-2;/h1-3,14,17H,4-13H2,(H,22,24,25);1-2H3;1H4. The van der Waals surface area contributed by atoms with E-state index >= 15 is 0 Å². The van der Waals surface area contributed by atoms with Crippen LogP contribution in [0.25, 0.3) is 0 Å². The summed E-state index contributed by atoms with van der Waals surface area (Å²) in [5.41, 5.74) is 2.18. The van der Waals surface area contributed by atoms with Gasteiger partial charge in [-0.05, 0) is 36.8 Å². The van der Waals surface area contributed by atoms with E-state index in [2.05, 4.69) is 22.3 Å². The second kappa shape index (κ2) is 10.0. The quantitative estimate of drug-likeness (QED) is 0.717. The lowest BCUT2D eigenvalue weighted by Crippen LogP contribution is -2.54. The van der Waals surface area contributed by atoms with E-state index in [1.165, 1.54) is 5.56 Å². The van der Waals surface area contributed by atoms with Crippen LogP contribution in [-0.4, -0.2) is 50.0 Å². The van der Waals surface area contributed by atoms with Gasteiger partial charge in [-0.25, -0.2) is 0 Å². The first-order valence-corrected chi connectivity index (χ1v) is 11.3. The maximum atomic E-state index is 12.4. The van der Waals surface area contributed by atoms with Gasteiger partial charge in [-0.3, -0.25) is 14.9 Å². The van der Waals surface area contributed by atoms with E-state index < -0.39 is 0 Å². The molecule has 1 unspecified atom stereocenters. The monoisotopic (exact) mass is 432 g/mol. The summed E-state index contributed by atoms with van der Waals surface area (Å²) in [7, 11) is 0. The molecule has 172 valence electrons. The Kier molecular flexibility index (Phi) is 7.59. The van der Waals surface area contributed by atoms with Crippen LogP contribution in [0.5, 0.6) is 5.75 Å². The molecular formula is C24H36N2O5. The van der Waals surface area contributed by atoms with Crippen molar-refractivity contribution in [2.45, 2.75) is 77.5 Å². The molecule has 5 rings (SSSR count). The zero-order valence-corrected chi connectivity index (χ0v) is 17.9. The van der Waals surface area contributed by atoms with Gasteiger partial charge in [0, 0.05) is 19.3 Å². The Hall–Kier alpha value is -2.12. The van der Waals surface area contributed by atoms with Gasteiger partial charge in [0.05, 0.1) is 25.4 Å². The number of carbonyl (C=O) groups is 2. The van der Waals surface area contributed by atoms with Crippen molar-refractivity contribution in [2.75, 3.05) is 31.3 Å². The summed E-state index contributed by atoms with van der Waals surface area (Å²) < 4.78 is 17.8. The van der Waals surface area contributed by atoms with Gasteiger partial charge in [-0.2, -0.15) is 0 Å². The molecule has 4 aliphatic rings. The van der Waals surface area contributed by atoms with E-state index in [1.54, 1.807) is 0 Å². The van der Waals surface area contributed by atoms with Gasteiger partial charge in [0.2, 0.25) is 11.8 Å². The third kappa shape index (κ3) is 4.58. The van der Waals surface area contributed by atoms with Crippen LogP contribution in [0.3, 0.4) is 0 Å². The van der Waals surface area contributed by atoms with Crippen LogP contribution in [0.4, 0.5) is 5.69 Å². The molecule has 0 aromatic heterocycles. The van der Waals surface area contributed by atoms with Crippen molar-refractivity contribution in [1.82, 2.24) is 5.32 Å². The van der Waals surface area contributed by atoms with E-state index in [1.807, 2.05) is 19.9 Å². The van der Waals surface area contributed by atoms with Gasteiger partial charge in [0.25, 0.3) is 0 Å². The van der Waals surface area contributed by atoms with Crippen LogP contribution in [0, 0.1) is 0 Å². The summed E-state index contributed by atoms with van der Waals surface area (Å²) in [4.78, 5) is 26.0. The van der Waals surface area contributed by atoms with E-state index in [9.17, 15) is 9.59 Å². The molecule has 1 aromatic rings. The lowest BCUT2D eigenvalue weighted by Gasteiger charge is -2.40. The number of carbonyl (C=O) groups excluding carboxylic acids is 2. The van der Waals surface area contributed by atoms with Crippen LogP contribution in [0.2, 0.25) is 0 Å². The number of hydrogen-bond acceptors (Lipinski definition) is 6.